The van der Waals surface area contributed by atoms with Gasteiger partial charge in [-0.1, -0.05) is 35.9 Å². The molecule has 21 heavy (non-hydrogen) atoms. The van der Waals surface area contributed by atoms with Crippen molar-refractivity contribution in [3.05, 3.63) is 76.1 Å². The van der Waals surface area contributed by atoms with Gasteiger partial charge in [0.15, 0.2) is 0 Å². The SMILES string of the molecule is Cc1ccc(-c2cn(-c3ccc(C)c(F)c3)c(=O)[nH]2)cc1. The number of imidazole rings is 1. The van der Waals surface area contributed by atoms with Crippen LogP contribution in [0.1, 0.15) is 11.1 Å². The lowest BCUT2D eigenvalue weighted by Gasteiger charge is -2.03. The van der Waals surface area contributed by atoms with Gasteiger partial charge in [0.1, 0.15) is 5.82 Å². The van der Waals surface area contributed by atoms with Gasteiger partial charge in [-0.3, -0.25) is 4.57 Å². The van der Waals surface area contributed by atoms with E-state index in [0.717, 1.165) is 11.1 Å². The fourth-order valence-electron chi connectivity index (χ4n) is 2.20. The smallest absolute Gasteiger partial charge is 0.305 e. The monoisotopic (exact) mass is 282 g/mol. The largest absolute Gasteiger partial charge is 0.330 e. The summed E-state index contributed by atoms with van der Waals surface area (Å²) in [6.07, 6.45) is 1.69. The average Bonchev–Trinajstić information content (AvgIpc) is 2.85. The van der Waals surface area contributed by atoms with E-state index in [0.29, 0.717) is 16.9 Å². The van der Waals surface area contributed by atoms with E-state index >= 15 is 0 Å². The molecule has 2 aromatic carbocycles. The Morgan fingerprint density at radius 3 is 2.43 bits per heavy atom. The van der Waals surface area contributed by atoms with Gasteiger partial charge in [0.2, 0.25) is 0 Å². The second kappa shape index (κ2) is 5.05. The summed E-state index contributed by atoms with van der Waals surface area (Å²) in [5.74, 6) is -0.322. The quantitative estimate of drug-likeness (QED) is 0.766. The van der Waals surface area contributed by atoms with E-state index in [1.165, 1.54) is 10.6 Å². The minimum Gasteiger partial charge on any atom is -0.305 e. The van der Waals surface area contributed by atoms with E-state index in [2.05, 4.69) is 4.98 Å². The van der Waals surface area contributed by atoms with Crippen LogP contribution < -0.4 is 5.69 Å². The van der Waals surface area contributed by atoms with Crippen molar-refractivity contribution in [2.24, 2.45) is 0 Å². The van der Waals surface area contributed by atoms with Crippen LogP contribution in [0.4, 0.5) is 4.39 Å². The number of aromatic nitrogens is 2. The van der Waals surface area contributed by atoms with Crippen LogP contribution in [-0.2, 0) is 0 Å². The molecule has 0 bridgehead atoms. The molecule has 1 N–H and O–H groups in total. The third-order valence-electron chi connectivity index (χ3n) is 3.51. The van der Waals surface area contributed by atoms with Crippen molar-refractivity contribution in [2.75, 3.05) is 0 Å². The van der Waals surface area contributed by atoms with Crippen molar-refractivity contribution in [3.8, 4) is 16.9 Å². The molecule has 0 aliphatic rings. The topological polar surface area (TPSA) is 37.8 Å². The number of nitrogens with zero attached hydrogens (tertiary/aromatic N) is 1. The van der Waals surface area contributed by atoms with Gasteiger partial charge in [-0.05, 0) is 37.1 Å². The van der Waals surface area contributed by atoms with Crippen molar-refractivity contribution in [3.63, 3.8) is 0 Å². The predicted octanol–water partition coefficient (Wildman–Crippen LogP) is 3.59. The zero-order valence-electron chi connectivity index (χ0n) is 11.9. The number of hydrogen-bond donors (Lipinski definition) is 1. The van der Waals surface area contributed by atoms with Crippen molar-refractivity contribution < 1.29 is 4.39 Å². The Morgan fingerprint density at radius 2 is 1.76 bits per heavy atom. The third-order valence-corrected chi connectivity index (χ3v) is 3.51. The molecule has 0 radical (unpaired) electrons. The lowest BCUT2D eigenvalue weighted by molar-refractivity contribution is 0.617. The van der Waals surface area contributed by atoms with Gasteiger partial charge in [0.05, 0.1) is 11.4 Å². The van der Waals surface area contributed by atoms with E-state index in [4.69, 9.17) is 0 Å². The van der Waals surface area contributed by atoms with Crippen LogP contribution in [0.25, 0.3) is 16.9 Å². The zero-order chi connectivity index (χ0) is 15.0. The standard InChI is InChI=1S/C17H15FN2O/c1-11-3-6-13(7-4-11)16-10-20(17(21)19-16)14-8-5-12(2)15(18)9-14/h3-10H,1-2H3,(H,19,21). The molecule has 3 nitrogen and oxygen atoms in total. The third kappa shape index (κ3) is 2.52. The van der Waals surface area contributed by atoms with Gasteiger partial charge in [0, 0.05) is 6.20 Å². The summed E-state index contributed by atoms with van der Waals surface area (Å²) in [6, 6.07) is 12.6. The summed E-state index contributed by atoms with van der Waals surface area (Å²) in [4.78, 5) is 14.9. The van der Waals surface area contributed by atoms with Crippen LogP contribution in [0.15, 0.2) is 53.5 Å². The molecule has 3 rings (SSSR count). The predicted molar refractivity (Wildman–Crippen MR) is 81.3 cm³/mol. The lowest BCUT2D eigenvalue weighted by atomic mass is 10.1. The molecule has 0 amide bonds. The van der Waals surface area contributed by atoms with E-state index < -0.39 is 0 Å². The number of aromatic amines is 1. The highest BCUT2D eigenvalue weighted by Crippen LogP contribution is 2.18. The minimum atomic E-state index is -0.322. The molecule has 3 aromatic rings. The normalized spacial score (nSPS) is 10.8. The molecule has 0 aliphatic carbocycles. The summed E-state index contributed by atoms with van der Waals surface area (Å²) >= 11 is 0. The highest BCUT2D eigenvalue weighted by atomic mass is 19.1. The van der Waals surface area contributed by atoms with Crippen LogP contribution in [-0.4, -0.2) is 9.55 Å². The number of hydrogen-bond acceptors (Lipinski definition) is 1. The van der Waals surface area contributed by atoms with Crippen LogP contribution in [0.5, 0.6) is 0 Å². The fourth-order valence-corrected chi connectivity index (χ4v) is 2.20. The molecule has 0 saturated carbocycles. The first kappa shape index (κ1) is 13.4. The summed E-state index contributed by atoms with van der Waals surface area (Å²) in [5, 5.41) is 0. The molecule has 0 atom stereocenters. The maximum absolute atomic E-state index is 13.6. The highest BCUT2D eigenvalue weighted by Gasteiger charge is 2.08. The number of H-pyrrole nitrogens is 1. The van der Waals surface area contributed by atoms with E-state index in [-0.39, 0.29) is 11.5 Å². The van der Waals surface area contributed by atoms with Gasteiger partial charge >= 0.3 is 5.69 Å². The van der Waals surface area contributed by atoms with Crippen molar-refractivity contribution in [2.45, 2.75) is 13.8 Å². The Morgan fingerprint density at radius 1 is 1.05 bits per heavy atom. The van der Waals surface area contributed by atoms with Crippen molar-refractivity contribution in [1.82, 2.24) is 9.55 Å². The second-order valence-electron chi connectivity index (χ2n) is 5.14. The molecular weight excluding hydrogens is 267 g/mol. The number of aryl methyl sites for hydroxylation is 2. The Balaban J connectivity index is 2.07. The van der Waals surface area contributed by atoms with Crippen LogP contribution in [0.2, 0.25) is 0 Å². The van der Waals surface area contributed by atoms with E-state index in [1.807, 2.05) is 31.2 Å². The van der Waals surface area contributed by atoms with Crippen molar-refractivity contribution >= 4 is 0 Å². The van der Waals surface area contributed by atoms with Gasteiger partial charge in [-0.25, -0.2) is 9.18 Å². The first-order valence-electron chi connectivity index (χ1n) is 6.70. The van der Waals surface area contributed by atoms with Gasteiger partial charge in [0.25, 0.3) is 0 Å². The minimum absolute atomic E-state index is 0.283. The molecule has 0 unspecified atom stereocenters. The lowest BCUT2D eigenvalue weighted by Crippen LogP contribution is -2.14. The molecule has 1 aromatic heterocycles. The fraction of sp³-hybridized carbons (Fsp3) is 0.118. The first-order valence-corrected chi connectivity index (χ1v) is 6.70. The van der Waals surface area contributed by atoms with E-state index in [9.17, 15) is 9.18 Å². The molecule has 0 saturated heterocycles. The van der Waals surface area contributed by atoms with Crippen LogP contribution in [0, 0.1) is 19.7 Å². The maximum atomic E-state index is 13.6. The Hall–Kier alpha value is -2.62. The molecule has 4 heteroatoms. The molecule has 0 fully saturated rings. The second-order valence-corrected chi connectivity index (χ2v) is 5.14. The molecule has 0 aliphatic heterocycles. The van der Waals surface area contributed by atoms with Crippen LogP contribution in [0.3, 0.4) is 0 Å². The van der Waals surface area contributed by atoms with Gasteiger partial charge in [-0.15, -0.1) is 0 Å². The summed E-state index contributed by atoms with van der Waals surface area (Å²) in [7, 11) is 0. The molecule has 106 valence electrons. The summed E-state index contributed by atoms with van der Waals surface area (Å²) in [6.45, 7) is 3.70. The molecule has 0 spiro atoms. The Labute approximate surface area is 121 Å². The Bertz CT molecular complexity index is 844. The number of halogens is 1. The number of nitrogens with one attached hydrogen (secondary N) is 1. The molecular formula is C17H15FN2O. The number of rotatable bonds is 2. The summed E-state index contributed by atoms with van der Waals surface area (Å²) < 4.78 is 15.1. The van der Waals surface area contributed by atoms with E-state index in [1.54, 1.807) is 25.3 Å². The maximum Gasteiger partial charge on any atom is 0.330 e. The first-order chi connectivity index (χ1) is 10.0. The number of benzene rings is 2. The highest BCUT2D eigenvalue weighted by molar-refractivity contribution is 5.59. The Kier molecular flexibility index (Phi) is 3.22. The zero-order valence-corrected chi connectivity index (χ0v) is 11.9. The summed E-state index contributed by atoms with van der Waals surface area (Å²) in [5.41, 5.74) is 3.57. The van der Waals surface area contributed by atoms with Gasteiger partial charge < -0.3 is 4.98 Å². The van der Waals surface area contributed by atoms with Crippen LogP contribution >= 0.6 is 0 Å². The van der Waals surface area contributed by atoms with Gasteiger partial charge in [-0.2, -0.15) is 0 Å². The average molecular weight is 282 g/mol. The molecule has 1 heterocycles. The van der Waals surface area contributed by atoms with Crippen molar-refractivity contribution in [1.29, 1.82) is 0 Å².